The SMILES string of the molecule is CC(C)N(CCC(N)=S)S(=O)(=O)NC(C)(C)C. The third-order valence-electron chi connectivity index (χ3n) is 1.90. The van der Waals surface area contributed by atoms with Gasteiger partial charge in [0.1, 0.15) is 0 Å². The smallest absolute Gasteiger partial charge is 0.280 e. The first-order valence-electron chi connectivity index (χ1n) is 5.55. The Morgan fingerprint density at radius 1 is 1.41 bits per heavy atom. The maximum absolute atomic E-state index is 12.1. The minimum absolute atomic E-state index is 0.135. The van der Waals surface area contributed by atoms with Crippen LogP contribution in [0, 0.1) is 0 Å². The van der Waals surface area contributed by atoms with Gasteiger partial charge in [0.05, 0.1) is 4.99 Å². The number of nitrogens with two attached hydrogens (primary N) is 1. The highest BCUT2D eigenvalue weighted by atomic mass is 32.2. The van der Waals surface area contributed by atoms with Gasteiger partial charge in [-0.2, -0.15) is 17.4 Å². The Bertz CT molecular complexity index is 358. The Morgan fingerprint density at radius 3 is 2.18 bits per heavy atom. The van der Waals surface area contributed by atoms with E-state index in [4.69, 9.17) is 18.0 Å². The molecule has 0 fully saturated rings. The molecular formula is C10H23N3O2S2. The number of rotatable bonds is 6. The van der Waals surface area contributed by atoms with E-state index < -0.39 is 15.7 Å². The summed E-state index contributed by atoms with van der Waals surface area (Å²) in [7, 11) is -3.51. The van der Waals surface area contributed by atoms with E-state index in [1.54, 1.807) is 20.8 Å². The van der Waals surface area contributed by atoms with Gasteiger partial charge in [0.25, 0.3) is 10.2 Å². The van der Waals surface area contributed by atoms with Gasteiger partial charge in [0.15, 0.2) is 0 Å². The summed E-state index contributed by atoms with van der Waals surface area (Å²) in [6, 6.07) is -0.135. The van der Waals surface area contributed by atoms with Crippen molar-refractivity contribution in [3.8, 4) is 0 Å². The molecule has 0 rings (SSSR count). The van der Waals surface area contributed by atoms with Crippen molar-refractivity contribution < 1.29 is 8.42 Å². The molecule has 0 radical (unpaired) electrons. The molecular weight excluding hydrogens is 258 g/mol. The predicted molar refractivity (Wildman–Crippen MR) is 75.1 cm³/mol. The Morgan fingerprint density at radius 2 is 1.88 bits per heavy atom. The summed E-state index contributed by atoms with van der Waals surface area (Å²) in [4.78, 5) is 0.321. The molecule has 0 aromatic carbocycles. The maximum Gasteiger partial charge on any atom is 0.280 e. The fourth-order valence-electron chi connectivity index (χ4n) is 1.32. The van der Waals surface area contributed by atoms with Crippen LogP contribution in [0.2, 0.25) is 0 Å². The molecule has 0 aromatic heterocycles. The largest absolute Gasteiger partial charge is 0.393 e. The lowest BCUT2D eigenvalue weighted by molar-refractivity contribution is 0.344. The van der Waals surface area contributed by atoms with Crippen LogP contribution in [0.25, 0.3) is 0 Å². The summed E-state index contributed by atoms with van der Waals surface area (Å²) >= 11 is 4.77. The van der Waals surface area contributed by atoms with E-state index in [0.29, 0.717) is 18.0 Å². The lowest BCUT2D eigenvalue weighted by Gasteiger charge is -2.30. The molecule has 0 aliphatic rings. The summed E-state index contributed by atoms with van der Waals surface area (Å²) in [5.74, 6) is 0. The summed E-state index contributed by atoms with van der Waals surface area (Å²) in [5, 5.41) is 0. The van der Waals surface area contributed by atoms with Crippen LogP contribution in [-0.2, 0) is 10.2 Å². The summed E-state index contributed by atoms with van der Waals surface area (Å²) in [5.41, 5.74) is 4.90. The lowest BCUT2D eigenvalue weighted by atomic mass is 10.1. The van der Waals surface area contributed by atoms with Crippen LogP contribution in [0.1, 0.15) is 41.0 Å². The minimum atomic E-state index is -3.51. The van der Waals surface area contributed by atoms with Crippen LogP contribution < -0.4 is 10.5 Å². The van der Waals surface area contributed by atoms with E-state index in [9.17, 15) is 8.42 Å². The molecule has 0 saturated carbocycles. The standard InChI is InChI=1S/C10H23N3O2S2/c1-8(2)13(7-6-9(11)16)17(14,15)12-10(3,4)5/h8,12H,6-7H2,1-5H3,(H2,11,16). The fraction of sp³-hybridized carbons (Fsp3) is 0.900. The zero-order valence-electron chi connectivity index (χ0n) is 11.1. The van der Waals surface area contributed by atoms with Crippen molar-refractivity contribution in [1.29, 1.82) is 0 Å². The highest BCUT2D eigenvalue weighted by Gasteiger charge is 2.28. The molecule has 0 spiro atoms. The van der Waals surface area contributed by atoms with Crippen LogP contribution in [0.4, 0.5) is 0 Å². The highest BCUT2D eigenvalue weighted by molar-refractivity contribution is 7.87. The molecule has 0 aliphatic heterocycles. The number of thiocarbonyl (C=S) groups is 1. The van der Waals surface area contributed by atoms with Crippen LogP contribution in [0.3, 0.4) is 0 Å². The molecule has 3 N–H and O–H groups in total. The van der Waals surface area contributed by atoms with E-state index in [1.807, 2.05) is 13.8 Å². The molecule has 17 heavy (non-hydrogen) atoms. The van der Waals surface area contributed by atoms with Crippen molar-refractivity contribution in [2.45, 2.75) is 52.6 Å². The van der Waals surface area contributed by atoms with Crippen molar-refractivity contribution in [1.82, 2.24) is 9.03 Å². The zero-order valence-corrected chi connectivity index (χ0v) is 12.8. The van der Waals surface area contributed by atoms with Crippen LogP contribution in [-0.4, -0.2) is 35.8 Å². The summed E-state index contributed by atoms with van der Waals surface area (Å²) in [6.07, 6.45) is 0.387. The second-order valence-corrected chi connectivity index (χ2v) is 7.43. The summed E-state index contributed by atoms with van der Waals surface area (Å²) < 4.78 is 28.2. The van der Waals surface area contributed by atoms with Gasteiger partial charge in [0.2, 0.25) is 0 Å². The number of hydrogen-bond acceptors (Lipinski definition) is 3. The minimum Gasteiger partial charge on any atom is -0.393 e. The number of hydrogen-bond donors (Lipinski definition) is 2. The first-order chi connectivity index (χ1) is 7.46. The Labute approximate surface area is 110 Å². The molecule has 0 amide bonds. The average molecular weight is 281 g/mol. The molecule has 0 bridgehead atoms. The van der Waals surface area contributed by atoms with E-state index in [1.165, 1.54) is 4.31 Å². The molecule has 0 heterocycles. The van der Waals surface area contributed by atoms with Gasteiger partial charge in [-0.3, -0.25) is 0 Å². The normalized spacial score (nSPS) is 13.4. The molecule has 0 aromatic rings. The van der Waals surface area contributed by atoms with Gasteiger partial charge in [-0.1, -0.05) is 12.2 Å². The second kappa shape index (κ2) is 6.08. The van der Waals surface area contributed by atoms with Crippen molar-refractivity contribution in [3.05, 3.63) is 0 Å². The average Bonchev–Trinajstić information content (AvgIpc) is 1.96. The molecule has 0 saturated heterocycles. The monoisotopic (exact) mass is 281 g/mol. The van der Waals surface area contributed by atoms with Gasteiger partial charge in [0, 0.05) is 24.5 Å². The van der Waals surface area contributed by atoms with Crippen LogP contribution in [0.5, 0.6) is 0 Å². The molecule has 0 aliphatic carbocycles. The number of nitrogens with zero attached hydrogens (tertiary/aromatic N) is 1. The van der Waals surface area contributed by atoms with Crippen molar-refractivity contribution in [2.24, 2.45) is 5.73 Å². The number of nitrogens with one attached hydrogen (secondary N) is 1. The van der Waals surface area contributed by atoms with Gasteiger partial charge in [-0.25, -0.2) is 0 Å². The van der Waals surface area contributed by atoms with Crippen molar-refractivity contribution in [2.75, 3.05) is 6.54 Å². The fourth-order valence-corrected chi connectivity index (χ4v) is 3.19. The Kier molecular flexibility index (Phi) is 6.00. The van der Waals surface area contributed by atoms with E-state index in [-0.39, 0.29) is 6.04 Å². The molecule has 7 heteroatoms. The van der Waals surface area contributed by atoms with E-state index >= 15 is 0 Å². The predicted octanol–water partition coefficient (Wildman–Crippen LogP) is 1.01. The van der Waals surface area contributed by atoms with Gasteiger partial charge in [-0.05, 0) is 34.6 Å². The third-order valence-corrected chi connectivity index (χ3v) is 4.19. The summed E-state index contributed by atoms with van der Waals surface area (Å²) in [6.45, 7) is 9.35. The van der Waals surface area contributed by atoms with Gasteiger partial charge < -0.3 is 5.73 Å². The zero-order chi connectivity index (χ0) is 13.9. The van der Waals surface area contributed by atoms with E-state index in [2.05, 4.69) is 4.72 Å². The maximum atomic E-state index is 12.1. The third kappa shape index (κ3) is 6.92. The van der Waals surface area contributed by atoms with Gasteiger partial charge in [-0.15, -0.1) is 0 Å². The quantitative estimate of drug-likeness (QED) is 0.712. The van der Waals surface area contributed by atoms with E-state index in [0.717, 1.165) is 0 Å². The Balaban J connectivity index is 4.87. The van der Waals surface area contributed by atoms with Crippen molar-refractivity contribution >= 4 is 27.4 Å². The van der Waals surface area contributed by atoms with Crippen molar-refractivity contribution in [3.63, 3.8) is 0 Å². The lowest BCUT2D eigenvalue weighted by Crippen LogP contribution is -2.51. The first kappa shape index (κ1) is 16.8. The van der Waals surface area contributed by atoms with Crippen LogP contribution in [0.15, 0.2) is 0 Å². The molecule has 5 nitrogen and oxygen atoms in total. The second-order valence-electron chi connectivity index (χ2n) is 5.28. The molecule has 0 atom stereocenters. The molecule has 102 valence electrons. The first-order valence-corrected chi connectivity index (χ1v) is 7.39. The highest BCUT2D eigenvalue weighted by Crippen LogP contribution is 2.10. The topological polar surface area (TPSA) is 75.4 Å². The van der Waals surface area contributed by atoms with Crippen LogP contribution >= 0.6 is 12.2 Å². The van der Waals surface area contributed by atoms with Gasteiger partial charge >= 0.3 is 0 Å². The Hall–Kier alpha value is -0.240. The molecule has 0 unspecified atom stereocenters.